The first kappa shape index (κ1) is 11.9. The van der Waals surface area contributed by atoms with Crippen LogP contribution in [0, 0.1) is 5.82 Å². The molecular formula is C11H9BrFN3O. The molecule has 0 amide bonds. The molecule has 0 radical (unpaired) electrons. The van der Waals surface area contributed by atoms with Crippen molar-refractivity contribution >= 4 is 21.7 Å². The average Bonchev–Trinajstić information content (AvgIpc) is 2.68. The molecule has 0 unspecified atom stereocenters. The van der Waals surface area contributed by atoms with E-state index in [-0.39, 0.29) is 22.2 Å². The lowest BCUT2D eigenvalue weighted by Gasteiger charge is -2.02. The summed E-state index contributed by atoms with van der Waals surface area (Å²) in [6.07, 6.45) is 1.68. The highest BCUT2D eigenvalue weighted by atomic mass is 79.9. The van der Waals surface area contributed by atoms with E-state index < -0.39 is 5.82 Å². The summed E-state index contributed by atoms with van der Waals surface area (Å²) in [5, 5.41) is 7.51. The lowest BCUT2D eigenvalue weighted by molar-refractivity contribution is 0.0988. The normalized spacial score (nSPS) is 10.5. The van der Waals surface area contributed by atoms with Crippen molar-refractivity contribution in [2.45, 2.75) is 6.42 Å². The molecule has 1 aromatic heterocycles. The standard InChI is InChI=1S/C11H9BrFN3O/c1-16-6-7(14-15-16)5-10(17)8-3-2-4-9(12)11(8)13/h2-4,6H,5H2,1H3. The molecule has 0 saturated carbocycles. The Kier molecular flexibility index (Phi) is 3.33. The topological polar surface area (TPSA) is 47.8 Å². The molecule has 1 aromatic carbocycles. The third kappa shape index (κ3) is 2.58. The van der Waals surface area contributed by atoms with E-state index in [0.717, 1.165) is 0 Å². The number of carbonyl (C=O) groups is 1. The van der Waals surface area contributed by atoms with Gasteiger partial charge in [-0.15, -0.1) is 5.10 Å². The minimum atomic E-state index is -0.540. The number of aromatic nitrogens is 3. The summed E-state index contributed by atoms with van der Waals surface area (Å²) >= 11 is 3.04. The van der Waals surface area contributed by atoms with E-state index in [1.807, 2.05) is 0 Å². The van der Waals surface area contributed by atoms with Gasteiger partial charge in [0.05, 0.1) is 22.2 Å². The van der Waals surface area contributed by atoms with Crippen LogP contribution in [0.4, 0.5) is 4.39 Å². The maximum atomic E-state index is 13.7. The lowest BCUT2D eigenvalue weighted by atomic mass is 10.1. The number of halogens is 2. The molecule has 0 spiro atoms. The zero-order valence-electron chi connectivity index (χ0n) is 9.02. The van der Waals surface area contributed by atoms with Gasteiger partial charge in [0.2, 0.25) is 0 Å². The minimum absolute atomic E-state index is 0.0429. The van der Waals surface area contributed by atoms with Gasteiger partial charge >= 0.3 is 0 Å². The number of rotatable bonds is 3. The Bertz CT molecular complexity index is 568. The number of Topliss-reactive ketones (excluding diaryl/α,β-unsaturated/α-hetero) is 1. The van der Waals surface area contributed by atoms with E-state index in [1.165, 1.54) is 10.7 Å². The first-order valence-corrected chi connectivity index (χ1v) is 5.69. The molecular weight excluding hydrogens is 289 g/mol. The summed E-state index contributed by atoms with van der Waals surface area (Å²) in [5.41, 5.74) is 0.585. The van der Waals surface area contributed by atoms with E-state index in [9.17, 15) is 9.18 Å². The molecule has 0 N–H and O–H groups in total. The lowest BCUT2D eigenvalue weighted by Crippen LogP contribution is -2.06. The fraction of sp³-hybridized carbons (Fsp3) is 0.182. The first-order chi connectivity index (χ1) is 8.08. The highest BCUT2D eigenvalue weighted by Gasteiger charge is 2.15. The smallest absolute Gasteiger partial charge is 0.171 e. The SMILES string of the molecule is Cn1cc(CC(=O)c2cccc(Br)c2F)nn1. The molecule has 0 bridgehead atoms. The largest absolute Gasteiger partial charge is 0.294 e. The second-order valence-corrected chi connectivity index (χ2v) is 4.44. The van der Waals surface area contributed by atoms with Crippen molar-refractivity contribution in [1.29, 1.82) is 0 Å². The molecule has 2 rings (SSSR count). The minimum Gasteiger partial charge on any atom is -0.294 e. The van der Waals surface area contributed by atoms with Crippen LogP contribution >= 0.6 is 15.9 Å². The van der Waals surface area contributed by atoms with E-state index in [0.29, 0.717) is 5.69 Å². The van der Waals surface area contributed by atoms with Gasteiger partial charge in [0, 0.05) is 13.2 Å². The monoisotopic (exact) mass is 297 g/mol. The van der Waals surface area contributed by atoms with Gasteiger partial charge in [-0.3, -0.25) is 9.48 Å². The second-order valence-electron chi connectivity index (χ2n) is 3.58. The first-order valence-electron chi connectivity index (χ1n) is 4.90. The third-order valence-corrected chi connectivity index (χ3v) is 2.86. The van der Waals surface area contributed by atoms with Crippen LogP contribution in [0.3, 0.4) is 0 Å². The molecule has 88 valence electrons. The van der Waals surface area contributed by atoms with Gasteiger partial charge in [-0.25, -0.2) is 4.39 Å². The molecule has 0 atom stereocenters. The number of ketones is 1. The molecule has 0 aliphatic heterocycles. The summed E-state index contributed by atoms with van der Waals surface area (Å²) in [6.45, 7) is 0. The molecule has 1 heterocycles. The van der Waals surface area contributed by atoms with Crippen LogP contribution in [0.25, 0.3) is 0 Å². The molecule has 0 saturated heterocycles. The highest BCUT2D eigenvalue weighted by Crippen LogP contribution is 2.19. The fourth-order valence-electron chi connectivity index (χ4n) is 1.46. The number of hydrogen-bond acceptors (Lipinski definition) is 3. The molecule has 0 aliphatic rings. The van der Waals surface area contributed by atoms with Crippen molar-refractivity contribution < 1.29 is 9.18 Å². The van der Waals surface area contributed by atoms with E-state index in [4.69, 9.17) is 0 Å². The quantitative estimate of drug-likeness (QED) is 0.816. The molecule has 0 fully saturated rings. The van der Waals surface area contributed by atoms with Crippen LogP contribution < -0.4 is 0 Å². The molecule has 2 aromatic rings. The molecule has 4 nitrogen and oxygen atoms in total. The summed E-state index contributed by atoms with van der Waals surface area (Å²) in [4.78, 5) is 11.9. The van der Waals surface area contributed by atoms with Crippen molar-refractivity contribution in [3.8, 4) is 0 Å². The van der Waals surface area contributed by atoms with Gasteiger partial charge in [-0.05, 0) is 28.1 Å². The summed E-state index contributed by atoms with van der Waals surface area (Å²) in [6, 6.07) is 4.63. The van der Waals surface area contributed by atoms with Gasteiger partial charge in [0.25, 0.3) is 0 Å². The van der Waals surface area contributed by atoms with E-state index >= 15 is 0 Å². The van der Waals surface area contributed by atoms with Crippen molar-refractivity contribution in [1.82, 2.24) is 15.0 Å². The van der Waals surface area contributed by atoms with Crippen LogP contribution in [-0.4, -0.2) is 20.8 Å². The zero-order chi connectivity index (χ0) is 12.4. The maximum Gasteiger partial charge on any atom is 0.171 e. The van der Waals surface area contributed by atoms with Crippen LogP contribution in [0.5, 0.6) is 0 Å². The predicted octanol–water partition coefficient (Wildman–Crippen LogP) is 2.14. The molecule has 0 aliphatic carbocycles. The van der Waals surface area contributed by atoms with Gasteiger partial charge < -0.3 is 0 Å². The van der Waals surface area contributed by atoms with E-state index in [2.05, 4.69) is 26.2 Å². The predicted molar refractivity (Wildman–Crippen MR) is 63.1 cm³/mol. The van der Waals surface area contributed by atoms with Crippen LogP contribution in [0.2, 0.25) is 0 Å². The maximum absolute atomic E-state index is 13.7. The zero-order valence-corrected chi connectivity index (χ0v) is 10.6. The Morgan fingerprint density at radius 3 is 2.94 bits per heavy atom. The Morgan fingerprint density at radius 1 is 1.53 bits per heavy atom. The van der Waals surface area contributed by atoms with E-state index in [1.54, 1.807) is 25.4 Å². The number of nitrogens with zero attached hydrogens (tertiary/aromatic N) is 3. The van der Waals surface area contributed by atoms with Crippen molar-refractivity contribution in [3.05, 3.63) is 45.9 Å². The van der Waals surface area contributed by atoms with Crippen molar-refractivity contribution in [2.24, 2.45) is 7.05 Å². The Balaban J connectivity index is 2.23. The van der Waals surface area contributed by atoms with Crippen LogP contribution in [0.15, 0.2) is 28.9 Å². The highest BCUT2D eigenvalue weighted by molar-refractivity contribution is 9.10. The van der Waals surface area contributed by atoms with Gasteiger partial charge in [-0.1, -0.05) is 11.3 Å². The number of hydrogen-bond donors (Lipinski definition) is 0. The fourth-order valence-corrected chi connectivity index (χ4v) is 1.82. The van der Waals surface area contributed by atoms with Gasteiger partial charge in [0.15, 0.2) is 5.78 Å². The average molecular weight is 298 g/mol. The number of benzene rings is 1. The van der Waals surface area contributed by atoms with Crippen molar-refractivity contribution in [3.63, 3.8) is 0 Å². The van der Waals surface area contributed by atoms with Crippen LogP contribution in [-0.2, 0) is 13.5 Å². The Morgan fingerprint density at radius 2 is 2.29 bits per heavy atom. The van der Waals surface area contributed by atoms with Gasteiger partial charge in [0.1, 0.15) is 5.82 Å². The Hall–Kier alpha value is -1.56. The third-order valence-electron chi connectivity index (χ3n) is 2.24. The number of aryl methyl sites for hydroxylation is 1. The second kappa shape index (κ2) is 4.75. The molecule has 17 heavy (non-hydrogen) atoms. The summed E-state index contributed by atoms with van der Waals surface area (Å²) in [7, 11) is 1.71. The summed E-state index contributed by atoms with van der Waals surface area (Å²) < 4.78 is 15.4. The van der Waals surface area contributed by atoms with Crippen molar-refractivity contribution in [2.75, 3.05) is 0 Å². The molecule has 6 heteroatoms. The van der Waals surface area contributed by atoms with Gasteiger partial charge in [-0.2, -0.15) is 0 Å². The van der Waals surface area contributed by atoms with Crippen LogP contribution in [0.1, 0.15) is 16.1 Å². The Labute approximate surface area is 106 Å². The number of carbonyl (C=O) groups excluding carboxylic acids is 1. The summed E-state index contributed by atoms with van der Waals surface area (Å²) in [5.74, 6) is -0.856.